The topological polar surface area (TPSA) is 40.6 Å². The van der Waals surface area contributed by atoms with E-state index in [1.807, 2.05) is 48.5 Å². The molecule has 1 atom stereocenters. The van der Waals surface area contributed by atoms with Gasteiger partial charge in [-0.2, -0.15) is 11.8 Å². The fourth-order valence-corrected chi connectivity index (χ4v) is 4.01. The van der Waals surface area contributed by atoms with Gasteiger partial charge in [-0.1, -0.05) is 67.6 Å². The van der Waals surface area contributed by atoms with Crippen LogP contribution in [0.25, 0.3) is 0 Å². The van der Waals surface area contributed by atoms with E-state index < -0.39 is 0 Å². The molecular formula is C22H26N2O2S. The van der Waals surface area contributed by atoms with Gasteiger partial charge in [0.15, 0.2) is 0 Å². The Morgan fingerprint density at radius 3 is 2.19 bits per heavy atom. The second-order valence-corrected chi connectivity index (χ2v) is 8.02. The average molecular weight is 383 g/mol. The van der Waals surface area contributed by atoms with Crippen LogP contribution in [0.2, 0.25) is 0 Å². The van der Waals surface area contributed by atoms with Crippen LogP contribution in [-0.2, 0) is 17.8 Å². The summed E-state index contributed by atoms with van der Waals surface area (Å²) in [4.78, 5) is 29.2. The van der Waals surface area contributed by atoms with Gasteiger partial charge in [-0.3, -0.25) is 9.69 Å². The first-order valence-electron chi connectivity index (χ1n) is 9.48. The number of urea groups is 1. The maximum absolute atomic E-state index is 13.0. The largest absolute Gasteiger partial charge is 0.327 e. The number of benzene rings is 2. The smallest absolute Gasteiger partial charge is 0.311 e. The lowest BCUT2D eigenvalue weighted by molar-refractivity contribution is -0.128. The molecule has 0 aliphatic carbocycles. The van der Waals surface area contributed by atoms with E-state index in [1.54, 1.807) is 16.7 Å². The van der Waals surface area contributed by atoms with Crippen molar-refractivity contribution in [3.63, 3.8) is 0 Å². The number of thioether (sulfide) groups is 1. The van der Waals surface area contributed by atoms with Crippen molar-refractivity contribution in [3.8, 4) is 0 Å². The maximum atomic E-state index is 13.0. The number of hydrogen-bond acceptors (Lipinski definition) is 3. The number of aryl methyl sites for hydroxylation is 1. The minimum atomic E-state index is -0.362. The van der Waals surface area contributed by atoms with Crippen LogP contribution >= 0.6 is 11.8 Å². The van der Waals surface area contributed by atoms with Crippen molar-refractivity contribution in [2.24, 2.45) is 0 Å². The third kappa shape index (κ3) is 4.92. The highest BCUT2D eigenvalue weighted by Crippen LogP contribution is 2.24. The van der Waals surface area contributed by atoms with Gasteiger partial charge in [-0.05, 0) is 29.7 Å². The van der Waals surface area contributed by atoms with Crippen LogP contribution < -0.4 is 0 Å². The molecule has 2 aromatic rings. The first-order chi connectivity index (χ1) is 13.2. The Morgan fingerprint density at radius 1 is 0.926 bits per heavy atom. The van der Waals surface area contributed by atoms with Crippen molar-refractivity contribution in [2.45, 2.75) is 32.4 Å². The summed E-state index contributed by atoms with van der Waals surface area (Å²) in [5.41, 5.74) is 2.17. The monoisotopic (exact) mass is 382 g/mol. The van der Waals surface area contributed by atoms with Gasteiger partial charge in [-0.25, -0.2) is 4.79 Å². The minimum absolute atomic E-state index is 0.0683. The molecule has 0 saturated carbocycles. The van der Waals surface area contributed by atoms with E-state index in [-0.39, 0.29) is 18.0 Å². The number of rotatable bonds is 9. The fraction of sp³-hybridized carbons (Fsp3) is 0.364. The molecule has 1 aliphatic heterocycles. The van der Waals surface area contributed by atoms with Gasteiger partial charge in [-0.15, -0.1) is 0 Å². The van der Waals surface area contributed by atoms with E-state index in [9.17, 15) is 9.59 Å². The highest BCUT2D eigenvalue weighted by Gasteiger charge is 2.44. The van der Waals surface area contributed by atoms with Crippen LogP contribution in [0.4, 0.5) is 4.79 Å². The molecule has 1 unspecified atom stereocenters. The predicted octanol–water partition coefficient (Wildman–Crippen LogP) is 4.21. The minimum Gasteiger partial charge on any atom is -0.311 e. The predicted molar refractivity (Wildman–Crippen MR) is 111 cm³/mol. The first kappa shape index (κ1) is 19.5. The van der Waals surface area contributed by atoms with Crippen molar-refractivity contribution in [3.05, 3.63) is 71.8 Å². The van der Waals surface area contributed by atoms with E-state index in [1.165, 1.54) is 10.5 Å². The van der Waals surface area contributed by atoms with Crippen molar-refractivity contribution in [2.75, 3.05) is 18.1 Å². The van der Waals surface area contributed by atoms with Gasteiger partial charge in [0.1, 0.15) is 6.04 Å². The molecule has 1 heterocycles. The average Bonchev–Trinajstić information content (AvgIpc) is 2.92. The van der Waals surface area contributed by atoms with Crippen molar-refractivity contribution in [1.29, 1.82) is 0 Å². The number of amides is 3. The summed E-state index contributed by atoms with van der Waals surface area (Å²) in [6, 6.07) is 19.3. The second kappa shape index (κ2) is 9.60. The van der Waals surface area contributed by atoms with E-state index in [0.29, 0.717) is 19.5 Å². The molecule has 0 N–H and O–H groups in total. The lowest BCUT2D eigenvalue weighted by Gasteiger charge is -2.21. The van der Waals surface area contributed by atoms with Gasteiger partial charge in [0, 0.05) is 12.3 Å². The Kier molecular flexibility index (Phi) is 6.93. The summed E-state index contributed by atoms with van der Waals surface area (Å²) in [6.07, 6.45) is 1.46. The molecule has 1 aliphatic rings. The first-order valence-corrected chi connectivity index (χ1v) is 10.6. The molecule has 5 heteroatoms. The van der Waals surface area contributed by atoms with Crippen LogP contribution in [0.15, 0.2) is 60.7 Å². The Labute approximate surface area is 165 Å². The van der Waals surface area contributed by atoms with Gasteiger partial charge in [0.05, 0.1) is 6.54 Å². The molecule has 0 radical (unpaired) electrons. The fourth-order valence-electron chi connectivity index (χ4n) is 3.39. The number of hydrogen-bond donors (Lipinski definition) is 0. The number of imide groups is 1. The number of nitrogens with zero attached hydrogens (tertiary/aromatic N) is 2. The standard InChI is InChI=1S/C22H26N2O2S/c1-2-27-16-15-23-20(14-13-18-9-5-3-6-10-18)21(25)24(22(23)26)17-19-11-7-4-8-12-19/h3-12,20H,2,13-17H2,1H3. The quantitative estimate of drug-likeness (QED) is 0.482. The zero-order valence-corrected chi connectivity index (χ0v) is 16.5. The summed E-state index contributed by atoms with van der Waals surface area (Å²) in [5, 5.41) is 0. The van der Waals surface area contributed by atoms with Gasteiger partial charge >= 0.3 is 6.03 Å². The molecule has 3 rings (SSSR count). The van der Waals surface area contributed by atoms with Crippen molar-refractivity contribution < 1.29 is 9.59 Å². The van der Waals surface area contributed by atoms with Gasteiger partial charge < -0.3 is 4.90 Å². The van der Waals surface area contributed by atoms with E-state index in [2.05, 4.69) is 19.1 Å². The molecule has 0 aromatic heterocycles. The van der Waals surface area contributed by atoms with Crippen LogP contribution in [0.3, 0.4) is 0 Å². The molecular weight excluding hydrogens is 356 g/mol. The zero-order valence-electron chi connectivity index (χ0n) is 15.7. The Morgan fingerprint density at radius 2 is 1.56 bits per heavy atom. The molecule has 27 heavy (non-hydrogen) atoms. The third-order valence-electron chi connectivity index (χ3n) is 4.82. The van der Waals surface area contributed by atoms with Crippen molar-refractivity contribution >= 4 is 23.7 Å². The molecule has 142 valence electrons. The molecule has 1 fully saturated rings. The number of carbonyl (C=O) groups excluding carboxylic acids is 2. The normalized spacial score (nSPS) is 17.0. The van der Waals surface area contributed by atoms with Crippen LogP contribution in [-0.4, -0.2) is 45.8 Å². The molecule has 0 bridgehead atoms. The molecule has 0 spiro atoms. The molecule has 1 saturated heterocycles. The van der Waals surface area contributed by atoms with Crippen molar-refractivity contribution in [1.82, 2.24) is 9.80 Å². The summed E-state index contributed by atoms with van der Waals surface area (Å²) >= 11 is 1.80. The second-order valence-electron chi connectivity index (χ2n) is 6.62. The van der Waals surface area contributed by atoms with Gasteiger partial charge in [0.25, 0.3) is 5.91 Å². The van der Waals surface area contributed by atoms with Gasteiger partial charge in [0.2, 0.25) is 0 Å². The molecule has 2 aromatic carbocycles. The summed E-state index contributed by atoms with van der Waals surface area (Å²) in [5.74, 6) is 1.80. The SMILES string of the molecule is CCSCCN1C(=O)N(Cc2ccccc2)C(=O)C1CCc1ccccc1. The summed E-state index contributed by atoms with van der Waals surface area (Å²) in [6.45, 7) is 3.07. The van der Waals surface area contributed by atoms with Crippen LogP contribution in [0.5, 0.6) is 0 Å². The third-order valence-corrected chi connectivity index (χ3v) is 5.70. The highest BCUT2D eigenvalue weighted by molar-refractivity contribution is 7.99. The Balaban J connectivity index is 1.73. The lowest BCUT2D eigenvalue weighted by Crippen LogP contribution is -2.37. The summed E-state index contributed by atoms with van der Waals surface area (Å²) in [7, 11) is 0. The molecule has 4 nitrogen and oxygen atoms in total. The van der Waals surface area contributed by atoms with Crippen LogP contribution in [0.1, 0.15) is 24.5 Å². The van der Waals surface area contributed by atoms with E-state index in [4.69, 9.17) is 0 Å². The summed E-state index contributed by atoms with van der Waals surface area (Å²) < 4.78 is 0. The van der Waals surface area contributed by atoms with E-state index >= 15 is 0 Å². The number of carbonyl (C=O) groups is 2. The van der Waals surface area contributed by atoms with E-state index in [0.717, 1.165) is 23.5 Å². The highest BCUT2D eigenvalue weighted by atomic mass is 32.2. The zero-order chi connectivity index (χ0) is 19.1. The Hall–Kier alpha value is -2.27. The lowest BCUT2D eigenvalue weighted by atomic mass is 10.0. The Bertz CT molecular complexity index is 751. The molecule has 3 amide bonds. The maximum Gasteiger partial charge on any atom is 0.327 e. The van der Waals surface area contributed by atoms with Crippen LogP contribution in [0, 0.1) is 0 Å².